The second-order valence-corrected chi connectivity index (χ2v) is 7.82. The number of benzene rings is 1. The fourth-order valence-electron chi connectivity index (χ4n) is 3.40. The van der Waals surface area contributed by atoms with Gasteiger partial charge >= 0.3 is 0 Å². The van der Waals surface area contributed by atoms with Crippen molar-refractivity contribution in [3.63, 3.8) is 0 Å². The van der Waals surface area contributed by atoms with E-state index in [2.05, 4.69) is 45.0 Å². The van der Waals surface area contributed by atoms with Gasteiger partial charge in [-0.2, -0.15) is 0 Å². The minimum absolute atomic E-state index is 0.199. The minimum Gasteiger partial charge on any atom is -0.390 e. The summed E-state index contributed by atoms with van der Waals surface area (Å²) in [5.74, 6) is 0.471. The van der Waals surface area contributed by atoms with Crippen LogP contribution in [-0.2, 0) is 11.8 Å². The molecule has 1 fully saturated rings. The van der Waals surface area contributed by atoms with Crippen molar-refractivity contribution in [3.05, 3.63) is 35.4 Å². The number of aliphatic hydroxyl groups is 1. The number of hydrogen-bond donors (Lipinski definition) is 1. The smallest absolute Gasteiger partial charge is 0.0687 e. The molecule has 1 aliphatic rings. The lowest BCUT2D eigenvalue weighted by molar-refractivity contribution is -0.0159. The van der Waals surface area contributed by atoms with Crippen LogP contribution < -0.4 is 0 Å². The molecule has 0 aromatic heterocycles. The molecule has 1 aromatic rings. The van der Waals surface area contributed by atoms with Gasteiger partial charge in [0.15, 0.2) is 0 Å². The average molecular weight is 274 g/mol. The third-order valence-corrected chi connectivity index (χ3v) is 4.87. The topological polar surface area (TPSA) is 20.2 Å². The molecule has 0 spiro atoms. The molecule has 0 bridgehead atoms. The SMILES string of the molecule is CC(C)(C)c1ccc(CC(C)(O)C2CCCCC2)cc1. The quantitative estimate of drug-likeness (QED) is 0.834. The molecule has 112 valence electrons. The summed E-state index contributed by atoms with van der Waals surface area (Å²) in [4.78, 5) is 0. The molecule has 1 nitrogen and oxygen atoms in total. The highest BCUT2D eigenvalue weighted by Gasteiger charge is 2.32. The van der Waals surface area contributed by atoms with E-state index in [0.29, 0.717) is 5.92 Å². The van der Waals surface area contributed by atoms with Crippen molar-refractivity contribution in [2.24, 2.45) is 5.92 Å². The zero-order valence-electron chi connectivity index (χ0n) is 13.6. The zero-order chi connectivity index (χ0) is 14.8. The fourth-order valence-corrected chi connectivity index (χ4v) is 3.40. The van der Waals surface area contributed by atoms with Crippen LogP contribution in [0.5, 0.6) is 0 Å². The van der Waals surface area contributed by atoms with Crippen LogP contribution in [0.15, 0.2) is 24.3 Å². The highest BCUT2D eigenvalue weighted by Crippen LogP contribution is 2.35. The largest absolute Gasteiger partial charge is 0.390 e. The molecule has 1 saturated carbocycles. The van der Waals surface area contributed by atoms with Gasteiger partial charge in [-0.05, 0) is 42.2 Å². The third-order valence-electron chi connectivity index (χ3n) is 4.87. The minimum atomic E-state index is -0.552. The first-order valence-corrected chi connectivity index (χ1v) is 8.11. The summed E-state index contributed by atoms with van der Waals surface area (Å²) < 4.78 is 0. The van der Waals surface area contributed by atoms with E-state index < -0.39 is 5.60 Å². The van der Waals surface area contributed by atoms with Crippen LogP contribution in [0.2, 0.25) is 0 Å². The molecule has 0 radical (unpaired) electrons. The van der Waals surface area contributed by atoms with Gasteiger partial charge in [0.2, 0.25) is 0 Å². The van der Waals surface area contributed by atoms with Crippen LogP contribution in [-0.4, -0.2) is 10.7 Å². The molecular weight excluding hydrogens is 244 g/mol. The Morgan fingerprint density at radius 1 is 0.950 bits per heavy atom. The Morgan fingerprint density at radius 2 is 1.50 bits per heavy atom. The molecule has 1 aliphatic carbocycles. The van der Waals surface area contributed by atoms with Crippen LogP contribution in [0.4, 0.5) is 0 Å². The molecule has 1 unspecified atom stereocenters. The van der Waals surface area contributed by atoms with E-state index in [-0.39, 0.29) is 5.41 Å². The van der Waals surface area contributed by atoms with E-state index in [1.54, 1.807) is 0 Å². The van der Waals surface area contributed by atoms with E-state index in [9.17, 15) is 5.11 Å². The number of rotatable bonds is 3. The zero-order valence-corrected chi connectivity index (χ0v) is 13.6. The first kappa shape index (κ1) is 15.6. The van der Waals surface area contributed by atoms with Crippen molar-refractivity contribution in [3.8, 4) is 0 Å². The molecular formula is C19H30O. The fraction of sp³-hybridized carbons (Fsp3) is 0.684. The van der Waals surface area contributed by atoms with Gasteiger partial charge in [0.25, 0.3) is 0 Å². The molecule has 0 saturated heterocycles. The van der Waals surface area contributed by atoms with Gasteiger partial charge in [-0.25, -0.2) is 0 Å². The van der Waals surface area contributed by atoms with E-state index in [1.165, 1.54) is 43.2 Å². The first-order valence-electron chi connectivity index (χ1n) is 8.11. The standard InChI is InChI=1S/C19H30O/c1-18(2,3)16-12-10-15(11-13-16)14-19(4,20)17-8-6-5-7-9-17/h10-13,17,20H,5-9,14H2,1-4H3. The van der Waals surface area contributed by atoms with Crippen molar-refractivity contribution in [2.75, 3.05) is 0 Å². The summed E-state index contributed by atoms with van der Waals surface area (Å²) >= 11 is 0. The lowest BCUT2D eigenvalue weighted by Crippen LogP contribution is -2.38. The monoisotopic (exact) mass is 274 g/mol. The molecule has 1 aromatic carbocycles. The summed E-state index contributed by atoms with van der Waals surface area (Å²) in [6.07, 6.45) is 7.06. The lowest BCUT2D eigenvalue weighted by atomic mass is 9.75. The molecule has 20 heavy (non-hydrogen) atoms. The summed E-state index contributed by atoms with van der Waals surface area (Å²) in [5, 5.41) is 10.8. The molecule has 1 N–H and O–H groups in total. The van der Waals surface area contributed by atoms with Gasteiger partial charge in [0, 0.05) is 6.42 Å². The maximum atomic E-state index is 10.8. The Morgan fingerprint density at radius 3 is 2.00 bits per heavy atom. The van der Waals surface area contributed by atoms with Gasteiger partial charge in [-0.1, -0.05) is 64.3 Å². The van der Waals surface area contributed by atoms with Crippen molar-refractivity contribution >= 4 is 0 Å². The molecule has 1 heteroatoms. The first-order chi connectivity index (χ1) is 9.29. The molecule has 0 aliphatic heterocycles. The summed E-state index contributed by atoms with van der Waals surface area (Å²) in [6.45, 7) is 8.74. The molecule has 0 amide bonds. The van der Waals surface area contributed by atoms with E-state index >= 15 is 0 Å². The molecule has 0 heterocycles. The van der Waals surface area contributed by atoms with Crippen molar-refractivity contribution in [1.29, 1.82) is 0 Å². The Labute approximate surface area is 124 Å². The maximum absolute atomic E-state index is 10.8. The van der Waals surface area contributed by atoms with Crippen LogP contribution in [0, 0.1) is 5.92 Å². The Bertz CT molecular complexity index is 416. The third kappa shape index (κ3) is 3.85. The highest BCUT2D eigenvalue weighted by molar-refractivity contribution is 5.28. The summed E-state index contributed by atoms with van der Waals surface area (Å²) in [5.41, 5.74) is 2.26. The van der Waals surface area contributed by atoms with Crippen LogP contribution in [0.3, 0.4) is 0 Å². The second-order valence-electron chi connectivity index (χ2n) is 7.82. The van der Waals surface area contributed by atoms with Crippen molar-refractivity contribution < 1.29 is 5.11 Å². The Balaban J connectivity index is 2.05. The van der Waals surface area contributed by atoms with Gasteiger partial charge in [-0.15, -0.1) is 0 Å². The lowest BCUT2D eigenvalue weighted by Gasteiger charge is -2.36. The van der Waals surface area contributed by atoms with E-state index in [4.69, 9.17) is 0 Å². The summed E-state index contributed by atoms with van der Waals surface area (Å²) in [6, 6.07) is 8.81. The number of hydrogen-bond acceptors (Lipinski definition) is 1. The predicted octanol–water partition coefficient (Wildman–Crippen LogP) is 4.86. The van der Waals surface area contributed by atoms with Gasteiger partial charge in [-0.3, -0.25) is 0 Å². The van der Waals surface area contributed by atoms with E-state index in [1.807, 2.05) is 6.92 Å². The average Bonchev–Trinajstić information content (AvgIpc) is 2.39. The van der Waals surface area contributed by atoms with Crippen molar-refractivity contribution in [1.82, 2.24) is 0 Å². The molecule has 1 atom stereocenters. The van der Waals surface area contributed by atoms with Gasteiger partial charge < -0.3 is 5.11 Å². The second kappa shape index (κ2) is 5.89. The normalized spacial score (nSPS) is 20.6. The van der Waals surface area contributed by atoms with E-state index in [0.717, 1.165) is 6.42 Å². The predicted molar refractivity (Wildman–Crippen MR) is 86.0 cm³/mol. The van der Waals surface area contributed by atoms with Crippen LogP contribution >= 0.6 is 0 Å². The molecule has 2 rings (SSSR count). The van der Waals surface area contributed by atoms with Gasteiger partial charge in [0.05, 0.1) is 5.60 Å². The van der Waals surface area contributed by atoms with Crippen LogP contribution in [0.25, 0.3) is 0 Å². The van der Waals surface area contributed by atoms with Crippen molar-refractivity contribution in [2.45, 2.75) is 77.2 Å². The van der Waals surface area contributed by atoms with Gasteiger partial charge in [0.1, 0.15) is 0 Å². The maximum Gasteiger partial charge on any atom is 0.0687 e. The van der Waals surface area contributed by atoms with Crippen LogP contribution in [0.1, 0.15) is 70.9 Å². The summed E-state index contributed by atoms with van der Waals surface area (Å²) in [7, 11) is 0. The Kier molecular flexibility index (Phi) is 4.59. The highest BCUT2D eigenvalue weighted by atomic mass is 16.3. The Hall–Kier alpha value is -0.820.